The van der Waals surface area contributed by atoms with Crippen molar-refractivity contribution in [1.29, 1.82) is 0 Å². The van der Waals surface area contributed by atoms with Crippen molar-refractivity contribution in [2.24, 2.45) is 0 Å². The van der Waals surface area contributed by atoms with E-state index in [1.807, 2.05) is 0 Å². The van der Waals surface area contributed by atoms with Crippen LogP contribution in [-0.2, 0) is 19.6 Å². The zero-order valence-corrected chi connectivity index (χ0v) is 18.7. The molecule has 0 heterocycles. The van der Waals surface area contributed by atoms with Gasteiger partial charge in [-0.15, -0.1) is 0 Å². The normalized spacial score (nSPS) is 11.3. The summed E-state index contributed by atoms with van der Waals surface area (Å²) in [4.78, 5) is 24.5. The number of sulfonamides is 1. The van der Waals surface area contributed by atoms with Crippen LogP contribution < -0.4 is 10.1 Å². The van der Waals surface area contributed by atoms with Crippen LogP contribution in [0.5, 0.6) is 11.5 Å². The molecule has 0 unspecified atom stereocenters. The second kappa shape index (κ2) is 10.3. The van der Waals surface area contributed by atoms with Crippen molar-refractivity contribution in [3.63, 3.8) is 0 Å². The Bertz CT molecular complexity index is 1060. The zero-order valence-electron chi connectivity index (χ0n) is 17.8. The number of hydrogen-bond acceptors (Lipinski definition) is 7. The van der Waals surface area contributed by atoms with Crippen LogP contribution in [0.4, 0.5) is 5.69 Å². The van der Waals surface area contributed by atoms with Crippen molar-refractivity contribution in [3.05, 3.63) is 47.5 Å². The number of phenols is 1. The number of benzene rings is 2. The third-order valence-corrected chi connectivity index (χ3v) is 6.63. The van der Waals surface area contributed by atoms with Gasteiger partial charge in [0.25, 0.3) is 5.91 Å². The molecule has 0 bridgehead atoms. The van der Waals surface area contributed by atoms with E-state index in [0.29, 0.717) is 30.1 Å². The first-order valence-electron chi connectivity index (χ1n) is 9.58. The molecule has 168 valence electrons. The maximum absolute atomic E-state index is 12.7. The number of nitrogens with one attached hydrogen (secondary N) is 1. The van der Waals surface area contributed by atoms with Crippen LogP contribution >= 0.6 is 0 Å². The number of ether oxygens (including phenoxy) is 2. The molecule has 0 fully saturated rings. The quantitative estimate of drug-likeness (QED) is 0.563. The number of carbonyl (C=O) groups is 2. The lowest BCUT2D eigenvalue weighted by Crippen LogP contribution is -2.30. The molecule has 0 radical (unpaired) electrons. The summed E-state index contributed by atoms with van der Waals surface area (Å²) in [7, 11) is -2.28. The fraction of sp³-hybridized carbons (Fsp3) is 0.333. The fourth-order valence-corrected chi connectivity index (χ4v) is 4.29. The van der Waals surface area contributed by atoms with E-state index in [1.165, 1.54) is 41.7 Å². The van der Waals surface area contributed by atoms with Crippen LogP contribution in [0.3, 0.4) is 0 Å². The largest absolute Gasteiger partial charge is 0.507 e. The van der Waals surface area contributed by atoms with Crippen LogP contribution in [0.1, 0.15) is 29.8 Å². The third kappa shape index (κ3) is 5.74. The minimum Gasteiger partial charge on any atom is -0.507 e. The number of aryl methyl sites for hydroxylation is 1. The van der Waals surface area contributed by atoms with Gasteiger partial charge in [-0.1, -0.05) is 19.9 Å². The van der Waals surface area contributed by atoms with E-state index in [0.717, 1.165) is 0 Å². The summed E-state index contributed by atoms with van der Waals surface area (Å²) in [5.74, 6) is -1.52. The van der Waals surface area contributed by atoms with E-state index < -0.39 is 28.5 Å². The minimum absolute atomic E-state index is 0.0513. The van der Waals surface area contributed by atoms with Gasteiger partial charge in [0.2, 0.25) is 10.0 Å². The van der Waals surface area contributed by atoms with E-state index in [-0.39, 0.29) is 16.2 Å². The highest BCUT2D eigenvalue weighted by Gasteiger charge is 2.23. The van der Waals surface area contributed by atoms with Crippen LogP contribution in [-0.4, -0.2) is 56.5 Å². The summed E-state index contributed by atoms with van der Waals surface area (Å²) in [6.45, 7) is 5.22. The molecule has 2 rings (SSSR count). The van der Waals surface area contributed by atoms with Gasteiger partial charge >= 0.3 is 5.97 Å². The van der Waals surface area contributed by atoms with Gasteiger partial charge in [0, 0.05) is 18.8 Å². The van der Waals surface area contributed by atoms with E-state index in [1.54, 1.807) is 26.8 Å². The molecule has 2 N–H and O–H groups in total. The topological polar surface area (TPSA) is 122 Å². The second-order valence-corrected chi connectivity index (χ2v) is 8.51. The van der Waals surface area contributed by atoms with Crippen molar-refractivity contribution in [3.8, 4) is 11.5 Å². The van der Waals surface area contributed by atoms with Gasteiger partial charge in [0.05, 0.1) is 12.0 Å². The fourth-order valence-electron chi connectivity index (χ4n) is 2.81. The molecule has 31 heavy (non-hydrogen) atoms. The van der Waals surface area contributed by atoms with Crippen molar-refractivity contribution in [2.75, 3.05) is 32.1 Å². The van der Waals surface area contributed by atoms with Gasteiger partial charge in [0.1, 0.15) is 17.1 Å². The lowest BCUT2D eigenvalue weighted by molar-refractivity contribution is -0.119. The van der Waals surface area contributed by atoms with Crippen LogP contribution in [0, 0.1) is 6.92 Å². The van der Waals surface area contributed by atoms with Gasteiger partial charge in [-0.05, 0) is 42.8 Å². The molecular formula is C21H26N2O7S. The Morgan fingerprint density at radius 2 is 1.77 bits per heavy atom. The summed E-state index contributed by atoms with van der Waals surface area (Å²) in [5, 5.41) is 12.4. The van der Waals surface area contributed by atoms with E-state index in [9.17, 15) is 23.1 Å². The number of nitrogens with zero attached hydrogens (tertiary/aromatic N) is 1. The Labute approximate surface area is 181 Å². The first kappa shape index (κ1) is 24.2. The van der Waals surface area contributed by atoms with Gasteiger partial charge in [-0.3, -0.25) is 4.79 Å². The predicted octanol–water partition coefficient (Wildman–Crippen LogP) is 2.54. The van der Waals surface area contributed by atoms with E-state index in [2.05, 4.69) is 5.32 Å². The molecule has 0 spiro atoms. The highest BCUT2D eigenvalue weighted by atomic mass is 32.2. The number of rotatable bonds is 9. The Kier molecular flexibility index (Phi) is 8.01. The molecule has 0 aliphatic heterocycles. The average Bonchev–Trinajstić information content (AvgIpc) is 2.74. The Morgan fingerprint density at radius 1 is 1.10 bits per heavy atom. The molecule has 2 aromatic rings. The molecule has 2 aromatic carbocycles. The molecule has 0 saturated carbocycles. The molecule has 0 saturated heterocycles. The van der Waals surface area contributed by atoms with Gasteiger partial charge in [0.15, 0.2) is 6.61 Å². The minimum atomic E-state index is -3.69. The smallest absolute Gasteiger partial charge is 0.342 e. The standard InChI is InChI=1S/C21H26N2O7S/c1-5-23(6-2)31(27,28)16-9-7-14(3)18(12-16)22-20(25)13-30-21(26)17-11-15(29-4)8-10-19(17)24/h7-12,24H,5-6,13H2,1-4H3,(H,22,25). The highest BCUT2D eigenvalue weighted by Crippen LogP contribution is 2.24. The molecule has 0 aliphatic carbocycles. The predicted molar refractivity (Wildman–Crippen MR) is 115 cm³/mol. The number of carbonyl (C=O) groups excluding carboxylic acids is 2. The van der Waals surface area contributed by atoms with E-state index in [4.69, 9.17) is 9.47 Å². The number of phenolic OH excluding ortho intramolecular Hbond substituents is 1. The molecular weight excluding hydrogens is 424 g/mol. The van der Waals surface area contributed by atoms with Crippen LogP contribution in [0.15, 0.2) is 41.3 Å². The monoisotopic (exact) mass is 450 g/mol. The van der Waals surface area contributed by atoms with Gasteiger partial charge in [-0.2, -0.15) is 4.31 Å². The van der Waals surface area contributed by atoms with Crippen molar-refractivity contribution >= 4 is 27.6 Å². The number of anilines is 1. The zero-order chi connectivity index (χ0) is 23.2. The Balaban J connectivity index is 2.11. The highest BCUT2D eigenvalue weighted by molar-refractivity contribution is 7.89. The lowest BCUT2D eigenvalue weighted by Gasteiger charge is -2.19. The van der Waals surface area contributed by atoms with Crippen molar-refractivity contribution in [2.45, 2.75) is 25.7 Å². The molecule has 0 aliphatic rings. The van der Waals surface area contributed by atoms with Crippen LogP contribution in [0.2, 0.25) is 0 Å². The molecule has 9 nitrogen and oxygen atoms in total. The maximum atomic E-state index is 12.7. The van der Waals surface area contributed by atoms with E-state index >= 15 is 0 Å². The molecule has 0 aromatic heterocycles. The SMILES string of the molecule is CCN(CC)S(=O)(=O)c1ccc(C)c(NC(=O)COC(=O)c2cc(OC)ccc2O)c1. The van der Waals surface area contributed by atoms with Gasteiger partial charge in [-0.25, -0.2) is 13.2 Å². The summed E-state index contributed by atoms with van der Waals surface area (Å²) >= 11 is 0. The summed E-state index contributed by atoms with van der Waals surface area (Å²) in [6.07, 6.45) is 0. The molecule has 0 atom stereocenters. The van der Waals surface area contributed by atoms with Crippen molar-refractivity contribution in [1.82, 2.24) is 4.31 Å². The molecule has 10 heteroatoms. The summed E-state index contributed by atoms with van der Waals surface area (Å²) in [5.41, 5.74) is 0.790. The van der Waals surface area contributed by atoms with Gasteiger partial charge < -0.3 is 19.9 Å². The number of hydrogen-bond donors (Lipinski definition) is 2. The maximum Gasteiger partial charge on any atom is 0.342 e. The summed E-state index contributed by atoms with van der Waals surface area (Å²) in [6, 6.07) is 8.48. The first-order chi connectivity index (χ1) is 14.6. The molecule has 1 amide bonds. The number of methoxy groups -OCH3 is 1. The lowest BCUT2D eigenvalue weighted by atomic mass is 10.2. The Morgan fingerprint density at radius 3 is 2.39 bits per heavy atom. The third-order valence-electron chi connectivity index (χ3n) is 4.58. The summed E-state index contributed by atoms with van der Waals surface area (Å²) < 4.78 is 36.7. The Hall–Kier alpha value is -3.11. The number of amides is 1. The second-order valence-electron chi connectivity index (χ2n) is 6.57. The number of aromatic hydroxyl groups is 1. The average molecular weight is 451 g/mol. The number of esters is 1. The van der Waals surface area contributed by atoms with Crippen LogP contribution in [0.25, 0.3) is 0 Å². The first-order valence-corrected chi connectivity index (χ1v) is 11.0. The van der Waals surface area contributed by atoms with Crippen molar-refractivity contribution < 1.29 is 32.6 Å².